The lowest BCUT2D eigenvalue weighted by Crippen LogP contribution is -2.21. The molecule has 0 radical (unpaired) electrons. The molecule has 0 aliphatic carbocycles. The molecule has 0 bridgehead atoms. The Morgan fingerprint density at radius 1 is 1.45 bits per heavy atom. The van der Waals surface area contributed by atoms with Gasteiger partial charge in [0.15, 0.2) is 0 Å². The number of aromatic hydroxyl groups is 1. The quantitative estimate of drug-likeness (QED) is 0.550. The van der Waals surface area contributed by atoms with Crippen molar-refractivity contribution in [1.82, 2.24) is 5.32 Å². The first-order valence-corrected chi connectivity index (χ1v) is 5.70. The van der Waals surface area contributed by atoms with Crippen molar-refractivity contribution in [1.29, 1.82) is 0 Å². The summed E-state index contributed by atoms with van der Waals surface area (Å²) in [5.74, 6) is -1.36. The number of phenolic OH excluding ortho intramolecular Hbond substituents is 1. The maximum Gasteiger partial charge on any atom is 0.352 e. The van der Waals surface area contributed by atoms with Crippen LogP contribution in [0.4, 0.5) is 5.69 Å². The molecule has 1 aliphatic heterocycles. The fourth-order valence-corrected chi connectivity index (χ4v) is 1.74. The number of carboxylic acid groups (broad SMARTS) is 1. The van der Waals surface area contributed by atoms with E-state index in [4.69, 9.17) is 5.11 Å². The number of hydrogen-bond donors (Lipinski definition) is 3. The zero-order valence-electron chi connectivity index (χ0n) is 10.2. The maximum absolute atomic E-state index is 11.0. The highest BCUT2D eigenvalue weighted by molar-refractivity contribution is 6.13. The van der Waals surface area contributed by atoms with Gasteiger partial charge in [-0.25, -0.2) is 4.79 Å². The number of aliphatic imine (C=N–C) groups is 1. The van der Waals surface area contributed by atoms with Crippen LogP contribution in [0.3, 0.4) is 0 Å². The van der Waals surface area contributed by atoms with Crippen molar-refractivity contribution in [2.45, 2.75) is 0 Å². The molecule has 2 rings (SSSR count). The van der Waals surface area contributed by atoms with Gasteiger partial charge in [0.1, 0.15) is 11.4 Å². The van der Waals surface area contributed by atoms with Crippen molar-refractivity contribution in [2.75, 3.05) is 13.1 Å². The molecule has 20 heavy (non-hydrogen) atoms. The average Bonchev–Trinajstić information content (AvgIpc) is 2.64. The Kier molecular flexibility index (Phi) is 3.65. The first-order chi connectivity index (χ1) is 9.49. The molecular formula is C12H11N3O5. The smallest absolute Gasteiger partial charge is 0.352 e. The molecule has 1 aliphatic rings. The molecule has 0 aromatic heterocycles. The monoisotopic (exact) mass is 277 g/mol. The van der Waals surface area contributed by atoms with Gasteiger partial charge >= 0.3 is 5.97 Å². The summed E-state index contributed by atoms with van der Waals surface area (Å²) in [6.07, 6.45) is 1.24. The third-order valence-corrected chi connectivity index (χ3v) is 2.69. The molecule has 0 fully saturated rings. The number of non-ortho nitro benzene ring substituents is 1. The van der Waals surface area contributed by atoms with Crippen molar-refractivity contribution in [3.8, 4) is 5.75 Å². The predicted octanol–water partition coefficient (Wildman–Crippen LogP) is 0.661. The second-order valence-corrected chi connectivity index (χ2v) is 4.02. The molecule has 0 amide bonds. The third-order valence-electron chi connectivity index (χ3n) is 2.69. The van der Waals surface area contributed by atoms with E-state index in [1.165, 1.54) is 12.1 Å². The first-order valence-electron chi connectivity index (χ1n) is 5.70. The lowest BCUT2D eigenvalue weighted by Gasteiger charge is -2.05. The largest absolute Gasteiger partial charge is 0.507 e. The second-order valence-electron chi connectivity index (χ2n) is 4.02. The average molecular weight is 277 g/mol. The Bertz CT molecular complexity index is 636. The van der Waals surface area contributed by atoms with Crippen LogP contribution in [0.5, 0.6) is 5.75 Å². The number of rotatable bonds is 3. The molecule has 0 saturated carbocycles. The van der Waals surface area contributed by atoms with Crippen LogP contribution in [0.1, 0.15) is 5.56 Å². The lowest BCUT2D eigenvalue weighted by atomic mass is 10.1. The normalized spacial score (nSPS) is 14.6. The van der Waals surface area contributed by atoms with E-state index >= 15 is 0 Å². The van der Waals surface area contributed by atoms with E-state index in [1.54, 1.807) is 0 Å². The lowest BCUT2D eigenvalue weighted by molar-refractivity contribution is -0.384. The van der Waals surface area contributed by atoms with E-state index in [2.05, 4.69) is 10.3 Å². The molecule has 0 unspecified atom stereocenters. The van der Waals surface area contributed by atoms with Gasteiger partial charge < -0.3 is 15.5 Å². The molecule has 0 spiro atoms. The summed E-state index contributed by atoms with van der Waals surface area (Å²) in [4.78, 5) is 25.3. The number of nitrogens with one attached hydrogen (secondary N) is 1. The van der Waals surface area contributed by atoms with Crippen LogP contribution in [-0.2, 0) is 4.79 Å². The number of aliphatic carboxylic acids is 1. The van der Waals surface area contributed by atoms with Gasteiger partial charge in [0.25, 0.3) is 5.69 Å². The number of nitrogens with zero attached hydrogens (tertiary/aromatic N) is 2. The molecule has 8 nitrogen and oxygen atoms in total. The highest BCUT2D eigenvalue weighted by Crippen LogP contribution is 2.24. The van der Waals surface area contributed by atoms with Crippen LogP contribution in [-0.4, -0.2) is 39.9 Å². The van der Waals surface area contributed by atoms with Crippen LogP contribution in [0.15, 0.2) is 35.0 Å². The summed E-state index contributed by atoms with van der Waals surface area (Å²) < 4.78 is 0. The van der Waals surface area contributed by atoms with Gasteiger partial charge in [-0.1, -0.05) is 0 Å². The van der Waals surface area contributed by atoms with Crippen molar-refractivity contribution in [2.24, 2.45) is 4.99 Å². The van der Waals surface area contributed by atoms with Gasteiger partial charge in [0.05, 0.1) is 17.2 Å². The minimum Gasteiger partial charge on any atom is -0.507 e. The summed E-state index contributed by atoms with van der Waals surface area (Å²) >= 11 is 0. The van der Waals surface area contributed by atoms with Crippen molar-refractivity contribution < 1.29 is 19.9 Å². The minimum absolute atomic E-state index is 0.0767. The van der Waals surface area contributed by atoms with E-state index in [1.807, 2.05) is 0 Å². The molecule has 0 atom stereocenters. The number of carboxylic acids is 1. The van der Waals surface area contributed by atoms with Crippen LogP contribution in [0, 0.1) is 10.1 Å². The topological polar surface area (TPSA) is 125 Å². The number of nitro benzene ring substituents is 1. The number of hydrogen-bond acceptors (Lipinski definition) is 6. The van der Waals surface area contributed by atoms with Gasteiger partial charge in [-0.3, -0.25) is 15.1 Å². The van der Waals surface area contributed by atoms with E-state index in [9.17, 15) is 20.0 Å². The highest BCUT2D eigenvalue weighted by Gasteiger charge is 2.17. The minimum atomic E-state index is -1.16. The zero-order chi connectivity index (χ0) is 14.7. The van der Waals surface area contributed by atoms with E-state index in [0.29, 0.717) is 13.1 Å². The van der Waals surface area contributed by atoms with Crippen molar-refractivity contribution >= 4 is 17.4 Å². The van der Waals surface area contributed by atoms with Gasteiger partial charge in [-0.2, -0.15) is 0 Å². The number of phenols is 1. The van der Waals surface area contributed by atoms with Crippen LogP contribution in [0.25, 0.3) is 0 Å². The Balaban J connectivity index is 2.51. The highest BCUT2D eigenvalue weighted by atomic mass is 16.6. The molecule has 1 aromatic rings. The Morgan fingerprint density at radius 3 is 2.85 bits per heavy atom. The van der Waals surface area contributed by atoms with Crippen LogP contribution >= 0.6 is 0 Å². The predicted molar refractivity (Wildman–Crippen MR) is 69.9 cm³/mol. The summed E-state index contributed by atoms with van der Waals surface area (Å²) in [6.45, 7) is 0.627. The van der Waals surface area contributed by atoms with Gasteiger partial charge in [0.2, 0.25) is 0 Å². The fraction of sp³-hybridized carbons (Fsp3) is 0.167. The van der Waals surface area contributed by atoms with Gasteiger partial charge in [0, 0.05) is 24.2 Å². The first kappa shape index (κ1) is 13.5. The van der Waals surface area contributed by atoms with Crippen LogP contribution < -0.4 is 5.32 Å². The van der Waals surface area contributed by atoms with E-state index < -0.39 is 10.9 Å². The fourth-order valence-electron chi connectivity index (χ4n) is 1.74. The molecule has 1 heterocycles. The standard InChI is InChI=1S/C12H11N3O5/c16-11-2-1-7(15(19)20)5-8(11)9-6-10(12(17)18)14-4-3-13-9/h1-2,5-6,14,16H,3-4H2,(H,17,18). The number of benzene rings is 1. The molecule has 8 heteroatoms. The summed E-state index contributed by atoms with van der Waals surface area (Å²) in [5, 5.41) is 32.2. The number of allylic oxidation sites excluding steroid dienone is 1. The zero-order valence-corrected chi connectivity index (χ0v) is 10.2. The Labute approximate surface area is 113 Å². The maximum atomic E-state index is 11.0. The van der Waals surface area contributed by atoms with Gasteiger partial charge in [-0.05, 0) is 12.1 Å². The Morgan fingerprint density at radius 2 is 2.20 bits per heavy atom. The van der Waals surface area contributed by atoms with Gasteiger partial charge in [-0.15, -0.1) is 0 Å². The molecular weight excluding hydrogens is 266 g/mol. The molecule has 3 N–H and O–H groups in total. The molecule has 0 saturated heterocycles. The Hall–Kier alpha value is -2.90. The second kappa shape index (κ2) is 5.39. The summed E-state index contributed by atoms with van der Waals surface area (Å²) in [6, 6.07) is 3.51. The van der Waals surface area contributed by atoms with Crippen molar-refractivity contribution in [3.05, 3.63) is 45.6 Å². The molecule has 1 aromatic carbocycles. The SMILES string of the molecule is O=C(O)C1=CC(c2cc([N+](=O)[O-])ccc2O)=NCCN1. The third kappa shape index (κ3) is 2.74. The van der Waals surface area contributed by atoms with Crippen molar-refractivity contribution in [3.63, 3.8) is 0 Å². The summed E-state index contributed by atoms with van der Waals surface area (Å²) in [5.41, 5.74) is 0.0328. The van der Waals surface area contributed by atoms with E-state index in [-0.39, 0.29) is 28.4 Å². The summed E-state index contributed by atoms with van der Waals surface area (Å²) in [7, 11) is 0. The van der Waals surface area contributed by atoms with Crippen LogP contribution in [0.2, 0.25) is 0 Å². The molecule has 104 valence electrons. The number of nitro groups is 1. The van der Waals surface area contributed by atoms with E-state index in [0.717, 1.165) is 12.1 Å². The number of carbonyl (C=O) groups is 1.